The van der Waals surface area contributed by atoms with E-state index in [-0.39, 0.29) is 12.2 Å². The highest BCUT2D eigenvalue weighted by atomic mass is 16.6. The van der Waals surface area contributed by atoms with E-state index in [4.69, 9.17) is 28.4 Å². The van der Waals surface area contributed by atoms with Gasteiger partial charge in [0.1, 0.15) is 13.1 Å². The molecular weight excluding hydrogens is 510 g/mol. The molecule has 0 amide bonds. The van der Waals surface area contributed by atoms with Crippen molar-refractivity contribution in [2.45, 2.75) is 33.0 Å². The van der Waals surface area contributed by atoms with Gasteiger partial charge in [-0.05, 0) is 38.5 Å². The molecule has 234 valence electrons. The van der Waals surface area contributed by atoms with Crippen LogP contribution in [0.3, 0.4) is 0 Å². The second-order valence-corrected chi connectivity index (χ2v) is 12.6. The summed E-state index contributed by atoms with van der Waals surface area (Å²) in [5.74, 6) is 0. The number of anilines is 1. The van der Waals surface area contributed by atoms with Crippen LogP contribution in [0.25, 0.3) is 0 Å². The van der Waals surface area contributed by atoms with Gasteiger partial charge in [0.2, 0.25) is 0 Å². The van der Waals surface area contributed by atoms with Crippen LogP contribution in [0.2, 0.25) is 0 Å². The van der Waals surface area contributed by atoms with Crippen molar-refractivity contribution < 1.29 is 37.4 Å². The summed E-state index contributed by atoms with van der Waals surface area (Å²) in [5.41, 5.74) is 2.38. The van der Waals surface area contributed by atoms with Gasteiger partial charge in [0.25, 0.3) is 0 Å². The molecule has 1 rings (SSSR count). The molecule has 0 aliphatic carbocycles. The highest BCUT2D eigenvalue weighted by Gasteiger charge is 2.17. The van der Waals surface area contributed by atoms with Crippen molar-refractivity contribution >= 4 is 5.69 Å². The van der Waals surface area contributed by atoms with Crippen LogP contribution < -0.4 is 4.90 Å². The van der Waals surface area contributed by atoms with E-state index in [1.165, 1.54) is 5.56 Å². The maximum atomic E-state index is 6.25. The molecule has 1 atom stereocenters. The summed E-state index contributed by atoms with van der Waals surface area (Å²) < 4.78 is 37.1. The van der Waals surface area contributed by atoms with Crippen LogP contribution in [0.4, 0.5) is 5.69 Å². The number of ether oxygens (including phenoxy) is 6. The maximum absolute atomic E-state index is 6.25. The van der Waals surface area contributed by atoms with Gasteiger partial charge in [-0.15, -0.1) is 0 Å². The van der Waals surface area contributed by atoms with E-state index in [0.29, 0.717) is 59.4 Å². The van der Waals surface area contributed by atoms with Crippen LogP contribution >= 0.6 is 0 Å². The van der Waals surface area contributed by atoms with Crippen molar-refractivity contribution in [3.05, 3.63) is 29.8 Å². The number of nitrogens with zero attached hydrogens (tertiary/aromatic N) is 3. The predicted octanol–water partition coefficient (Wildman–Crippen LogP) is 3.09. The zero-order valence-electron chi connectivity index (χ0n) is 27.2. The lowest BCUT2D eigenvalue weighted by Gasteiger charge is -2.30. The molecule has 0 aliphatic heterocycles. The van der Waals surface area contributed by atoms with Crippen molar-refractivity contribution in [3.63, 3.8) is 0 Å². The van der Waals surface area contributed by atoms with Gasteiger partial charge < -0.3 is 42.3 Å². The van der Waals surface area contributed by atoms with Gasteiger partial charge in [-0.3, -0.25) is 0 Å². The van der Waals surface area contributed by atoms with Crippen molar-refractivity contribution in [2.75, 3.05) is 139 Å². The van der Waals surface area contributed by atoms with Crippen LogP contribution in [0.5, 0.6) is 0 Å². The smallest absolute Gasteiger partial charge is 0.102 e. The SMILES string of the molecule is Cc1cccc(N(CCOCCOCC[N+](C)(C)C)CC(COC(C)C)OCCOCCOCC[N+](C)(C)C)c1. The summed E-state index contributed by atoms with van der Waals surface area (Å²) in [7, 11) is 13.0. The van der Waals surface area contributed by atoms with Crippen LogP contribution in [-0.2, 0) is 28.4 Å². The Labute approximate surface area is 245 Å². The molecule has 0 radical (unpaired) electrons. The third-order valence-corrected chi connectivity index (χ3v) is 6.05. The van der Waals surface area contributed by atoms with Gasteiger partial charge in [-0.25, -0.2) is 0 Å². The number of quaternary nitrogens is 2. The Kier molecular flexibility index (Phi) is 18.9. The number of rotatable bonds is 25. The minimum absolute atomic E-state index is 0.0915. The van der Waals surface area contributed by atoms with Crippen molar-refractivity contribution in [3.8, 4) is 0 Å². The molecule has 0 bridgehead atoms. The molecule has 1 unspecified atom stereocenters. The third-order valence-electron chi connectivity index (χ3n) is 6.05. The minimum atomic E-state index is -0.0915. The second-order valence-electron chi connectivity index (χ2n) is 12.6. The topological polar surface area (TPSA) is 58.6 Å². The summed E-state index contributed by atoms with van der Waals surface area (Å²) in [6.45, 7) is 15.6. The van der Waals surface area contributed by atoms with E-state index < -0.39 is 0 Å². The lowest BCUT2D eigenvalue weighted by atomic mass is 10.2. The first kappa shape index (κ1) is 36.7. The summed E-state index contributed by atoms with van der Waals surface area (Å²) in [5, 5.41) is 0. The van der Waals surface area contributed by atoms with Crippen molar-refractivity contribution in [2.24, 2.45) is 0 Å². The highest BCUT2D eigenvalue weighted by Crippen LogP contribution is 2.17. The fraction of sp³-hybridized carbons (Fsp3) is 0.806. The standard InChI is InChI=1S/C31H61N3O6/c1-28(2)40-27-31(39-24-23-38-22-21-37-18-15-34(7,8)9)26-32(30-12-10-11-29(3)25-30)13-16-35-19-20-36-17-14-33(4,5)6/h10-12,25,28,31H,13-24,26-27H2,1-9H3/q+2. The molecule has 0 saturated carbocycles. The number of hydrogen-bond acceptors (Lipinski definition) is 7. The number of benzene rings is 1. The first-order valence-corrected chi connectivity index (χ1v) is 14.8. The number of likely N-dealkylation sites (N-methyl/N-ethyl adjacent to an activating group) is 2. The van der Waals surface area contributed by atoms with E-state index >= 15 is 0 Å². The van der Waals surface area contributed by atoms with Crippen molar-refractivity contribution in [1.82, 2.24) is 0 Å². The summed E-state index contributed by atoms with van der Waals surface area (Å²) in [6, 6.07) is 8.56. The first-order valence-electron chi connectivity index (χ1n) is 14.8. The monoisotopic (exact) mass is 571 g/mol. The van der Waals surface area contributed by atoms with Gasteiger partial charge in [-0.2, -0.15) is 0 Å². The Morgan fingerprint density at radius 3 is 1.73 bits per heavy atom. The molecule has 0 aliphatic rings. The minimum Gasteiger partial charge on any atom is -0.377 e. The number of hydrogen-bond donors (Lipinski definition) is 0. The fourth-order valence-electron chi connectivity index (χ4n) is 3.62. The van der Waals surface area contributed by atoms with Gasteiger partial charge in [-0.1, -0.05) is 12.1 Å². The molecular formula is C31H61N3O6+2. The molecule has 9 heteroatoms. The largest absolute Gasteiger partial charge is 0.377 e. The molecule has 40 heavy (non-hydrogen) atoms. The van der Waals surface area contributed by atoms with Crippen molar-refractivity contribution in [1.29, 1.82) is 0 Å². The Bertz CT molecular complexity index is 751. The molecule has 1 aromatic carbocycles. The number of aryl methyl sites for hydroxylation is 1. The van der Waals surface area contributed by atoms with Crippen LogP contribution in [0.1, 0.15) is 19.4 Å². The zero-order chi connectivity index (χ0) is 29.9. The van der Waals surface area contributed by atoms with Gasteiger partial charge >= 0.3 is 0 Å². The third kappa shape index (κ3) is 21.4. The molecule has 0 saturated heterocycles. The molecule has 0 N–H and O–H groups in total. The van der Waals surface area contributed by atoms with Gasteiger partial charge in [0.05, 0.1) is 121 Å². The normalized spacial score (nSPS) is 13.2. The van der Waals surface area contributed by atoms with E-state index in [0.717, 1.165) is 47.5 Å². The highest BCUT2D eigenvalue weighted by molar-refractivity contribution is 5.48. The van der Waals surface area contributed by atoms with Crippen LogP contribution in [0, 0.1) is 6.92 Å². The lowest BCUT2D eigenvalue weighted by Crippen LogP contribution is -2.40. The first-order chi connectivity index (χ1) is 18.9. The second kappa shape index (κ2) is 20.6. The molecule has 0 aromatic heterocycles. The average Bonchev–Trinajstić information content (AvgIpc) is 2.85. The zero-order valence-corrected chi connectivity index (χ0v) is 27.2. The Hall–Kier alpha value is -1.30. The van der Waals surface area contributed by atoms with E-state index in [1.807, 2.05) is 13.8 Å². The molecule has 0 fully saturated rings. The quantitative estimate of drug-likeness (QED) is 0.132. The van der Waals surface area contributed by atoms with Gasteiger partial charge in [0, 0.05) is 18.8 Å². The van der Waals surface area contributed by atoms with E-state index in [9.17, 15) is 0 Å². The Morgan fingerprint density at radius 1 is 0.675 bits per heavy atom. The summed E-state index contributed by atoms with van der Waals surface area (Å²) in [6.07, 6.45) is 0.0465. The van der Waals surface area contributed by atoms with E-state index in [2.05, 4.69) is 78.4 Å². The molecule has 0 spiro atoms. The Morgan fingerprint density at radius 2 is 1.20 bits per heavy atom. The molecule has 1 aromatic rings. The summed E-state index contributed by atoms with van der Waals surface area (Å²) in [4.78, 5) is 2.32. The lowest BCUT2D eigenvalue weighted by molar-refractivity contribution is -0.870. The molecule has 0 heterocycles. The van der Waals surface area contributed by atoms with Crippen LogP contribution in [0.15, 0.2) is 24.3 Å². The summed E-state index contributed by atoms with van der Waals surface area (Å²) >= 11 is 0. The van der Waals surface area contributed by atoms with E-state index in [1.54, 1.807) is 0 Å². The maximum Gasteiger partial charge on any atom is 0.102 e. The van der Waals surface area contributed by atoms with Gasteiger partial charge in [0.15, 0.2) is 0 Å². The average molecular weight is 572 g/mol. The molecule has 9 nitrogen and oxygen atoms in total. The Balaban J connectivity index is 2.52. The van der Waals surface area contributed by atoms with Crippen LogP contribution in [-0.4, -0.2) is 156 Å². The fourth-order valence-corrected chi connectivity index (χ4v) is 3.62. The predicted molar refractivity (Wildman–Crippen MR) is 163 cm³/mol.